The van der Waals surface area contributed by atoms with Crippen molar-refractivity contribution in [2.75, 3.05) is 19.6 Å². The predicted molar refractivity (Wildman–Crippen MR) is 48.5 cm³/mol. The highest BCUT2D eigenvalue weighted by Gasteiger charge is 2.29. The van der Waals surface area contributed by atoms with Gasteiger partial charge in [0, 0.05) is 12.6 Å². The van der Waals surface area contributed by atoms with E-state index in [1.807, 2.05) is 0 Å². The van der Waals surface area contributed by atoms with Gasteiger partial charge in [-0.05, 0) is 38.3 Å². The van der Waals surface area contributed by atoms with Crippen molar-refractivity contribution in [1.82, 2.24) is 4.90 Å². The van der Waals surface area contributed by atoms with E-state index in [0.29, 0.717) is 6.04 Å². The van der Waals surface area contributed by atoms with Crippen molar-refractivity contribution in [3.63, 3.8) is 0 Å². The Morgan fingerprint density at radius 2 is 2.00 bits per heavy atom. The van der Waals surface area contributed by atoms with Gasteiger partial charge in [0.1, 0.15) is 0 Å². The van der Waals surface area contributed by atoms with E-state index in [2.05, 4.69) is 4.90 Å². The molecule has 0 aromatic rings. The number of piperidine rings is 2. The van der Waals surface area contributed by atoms with Crippen LogP contribution < -0.4 is 5.73 Å². The number of hydrogen-bond donors (Lipinski definition) is 1. The summed E-state index contributed by atoms with van der Waals surface area (Å²) in [6.45, 7) is 3.85. The van der Waals surface area contributed by atoms with E-state index in [-0.39, 0.29) is 7.43 Å². The maximum atomic E-state index is 5.96. The third-order valence-electron chi connectivity index (χ3n) is 2.93. The fourth-order valence-corrected chi connectivity index (χ4v) is 2.21. The smallest absolute Gasteiger partial charge is 0.00915 e. The quantitative estimate of drug-likeness (QED) is 0.568. The minimum Gasteiger partial charge on any atom is -0.327 e. The van der Waals surface area contributed by atoms with Gasteiger partial charge in [-0.25, -0.2) is 0 Å². The lowest BCUT2D eigenvalue weighted by molar-refractivity contribution is 0.107. The van der Waals surface area contributed by atoms with Crippen LogP contribution in [0.3, 0.4) is 0 Å². The van der Waals surface area contributed by atoms with Crippen LogP contribution in [-0.4, -0.2) is 30.6 Å². The zero-order valence-corrected chi connectivity index (χ0v) is 6.42. The van der Waals surface area contributed by atoms with Crippen LogP contribution in [0.4, 0.5) is 0 Å². The van der Waals surface area contributed by atoms with E-state index in [1.54, 1.807) is 0 Å². The van der Waals surface area contributed by atoms with Crippen molar-refractivity contribution in [3.05, 3.63) is 0 Å². The molecule has 2 aliphatic heterocycles. The lowest BCUT2D eigenvalue weighted by atomic mass is 9.86. The molecule has 2 heterocycles. The molecule has 2 heteroatoms. The molecule has 0 aliphatic carbocycles. The van der Waals surface area contributed by atoms with Crippen molar-refractivity contribution < 1.29 is 0 Å². The SMILES string of the molecule is C.NC1CCN2CCCC1C2. The second kappa shape index (κ2) is 3.55. The Bertz CT molecular complexity index is 123. The first-order chi connectivity index (χ1) is 4.86. The Morgan fingerprint density at radius 3 is 2.73 bits per heavy atom. The average Bonchev–Trinajstić information content (AvgIpc) is 1.99. The molecule has 0 aromatic heterocycles. The summed E-state index contributed by atoms with van der Waals surface area (Å²) in [5, 5.41) is 0. The molecular formula is C9H20N2. The molecule has 2 fully saturated rings. The highest BCUT2D eigenvalue weighted by atomic mass is 15.1. The monoisotopic (exact) mass is 156 g/mol. The molecule has 2 aliphatic rings. The fraction of sp³-hybridized carbons (Fsp3) is 1.00. The normalized spacial score (nSPS) is 42.8. The summed E-state index contributed by atoms with van der Waals surface area (Å²) in [6, 6.07) is 0.511. The summed E-state index contributed by atoms with van der Waals surface area (Å²) in [4.78, 5) is 2.55. The van der Waals surface area contributed by atoms with Crippen molar-refractivity contribution in [2.24, 2.45) is 11.7 Å². The summed E-state index contributed by atoms with van der Waals surface area (Å²) in [5.41, 5.74) is 5.96. The third kappa shape index (κ3) is 1.74. The second-order valence-corrected chi connectivity index (χ2v) is 3.66. The number of nitrogens with zero attached hydrogens (tertiary/aromatic N) is 1. The fourth-order valence-electron chi connectivity index (χ4n) is 2.21. The molecule has 0 amide bonds. The second-order valence-electron chi connectivity index (χ2n) is 3.66. The van der Waals surface area contributed by atoms with Crippen LogP contribution in [0.1, 0.15) is 26.7 Å². The minimum atomic E-state index is 0. The van der Waals surface area contributed by atoms with E-state index in [4.69, 9.17) is 5.73 Å². The van der Waals surface area contributed by atoms with Crippen molar-refractivity contribution in [3.8, 4) is 0 Å². The first-order valence-corrected chi connectivity index (χ1v) is 4.34. The van der Waals surface area contributed by atoms with Gasteiger partial charge in [0.2, 0.25) is 0 Å². The topological polar surface area (TPSA) is 29.3 Å². The molecule has 0 radical (unpaired) electrons. The molecule has 0 aromatic carbocycles. The molecule has 66 valence electrons. The first kappa shape index (κ1) is 9.01. The van der Waals surface area contributed by atoms with Crippen molar-refractivity contribution >= 4 is 0 Å². The molecule has 2 bridgehead atoms. The van der Waals surface area contributed by atoms with Crippen LogP contribution in [0.25, 0.3) is 0 Å². The number of nitrogens with two attached hydrogens (primary N) is 1. The summed E-state index contributed by atoms with van der Waals surface area (Å²) in [7, 11) is 0. The number of hydrogen-bond acceptors (Lipinski definition) is 2. The zero-order valence-electron chi connectivity index (χ0n) is 6.42. The van der Waals surface area contributed by atoms with E-state index in [1.165, 1.54) is 38.9 Å². The van der Waals surface area contributed by atoms with Crippen LogP contribution in [-0.2, 0) is 0 Å². The summed E-state index contributed by atoms with van der Waals surface area (Å²) >= 11 is 0. The van der Waals surface area contributed by atoms with Crippen molar-refractivity contribution in [2.45, 2.75) is 32.7 Å². The van der Waals surface area contributed by atoms with Crippen LogP contribution in [0.5, 0.6) is 0 Å². The summed E-state index contributed by atoms with van der Waals surface area (Å²) < 4.78 is 0. The van der Waals surface area contributed by atoms with E-state index in [0.717, 1.165) is 5.92 Å². The zero-order chi connectivity index (χ0) is 6.97. The summed E-state index contributed by atoms with van der Waals surface area (Å²) in [5.74, 6) is 0.822. The van der Waals surface area contributed by atoms with Gasteiger partial charge in [-0.1, -0.05) is 7.43 Å². The Morgan fingerprint density at radius 1 is 1.18 bits per heavy atom. The van der Waals surface area contributed by atoms with Gasteiger partial charge >= 0.3 is 0 Å². The molecule has 0 saturated carbocycles. The van der Waals surface area contributed by atoms with Gasteiger partial charge in [0.25, 0.3) is 0 Å². The van der Waals surface area contributed by atoms with Gasteiger partial charge in [0.15, 0.2) is 0 Å². The third-order valence-corrected chi connectivity index (χ3v) is 2.93. The molecule has 2 nitrogen and oxygen atoms in total. The molecule has 2 saturated heterocycles. The lowest BCUT2D eigenvalue weighted by Gasteiger charge is -2.41. The lowest BCUT2D eigenvalue weighted by Crippen LogP contribution is -2.50. The molecule has 11 heavy (non-hydrogen) atoms. The Hall–Kier alpha value is -0.0800. The van der Waals surface area contributed by atoms with E-state index < -0.39 is 0 Å². The first-order valence-electron chi connectivity index (χ1n) is 4.34. The van der Waals surface area contributed by atoms with Gasteiger partial charge in [0.05, 0.1) is 0 Å². The Balaban J connectivity index is 0.000000605. The molecule has 0 spiro atoms. The number of fused-ring (bicyclic) bond motifs is 2. The van der Waals surface area contributed by atoms with Gasteiger partial charge in [-0.15, -0.1) is 0 Å². The molecule has 3 unspecified atom stereocenters. The van der Waals surface area contributed by atoms with Crippen LogP contribution in [0.2, 0.25) is 0 Å². The highest BCUT2D eigenvalue weighted by Crippen LogP contribution is 2.24. The van der Waals surface area contributed by atoms with Crippen LogP contribution >= 0.6 is 0 Å². The molecule has 2 N–H and O–H groups in total. The maximum absolute atomic E-state index is 5.96. The minimum absolute atomic E-state index is 0. The Kier molecular flexibility index (Phi) is 2.90. The standard InChI is InChI=1S/C8H16N2.CH4/c9-8-3-5-10-4-1-2-7(8)6-10;/h7-8H,1-6,9H2;1H4. The van der Waals surface area contributed by atoms with E-state index >= 15 is 0 Å². The van der Waals surface area contributed by atoms with Gasteiger partial charge < -0.3 is 10.6 Å². The Labute approximate surface area is 69.8 Å². The number of rotatable bonds is 0. The summed E-state index contributed by atoms with van der Waals surface area (Å²) in [6.07, 6.45) is 3.97. The molecular weight excluding hydrogens is 136 g/mol. The van der Waals surface area contributed by atoms with Gasteiger partial charge in [-0.3, -0.25) is 0 Å². The predicted octanol–water partition coefficient (Wildman–Crippen LogP) is 1.07. The van der Waals surface area contributed by atoms with Crippen LogP contribution in [0, 0.1) is 5.92 Å². The highest BCUT2D eigenvalue weighted by molar-refractivity contribution is 4.86. The van der Waals surface area contributed by atoms with Gasteiger partial charge in [-0.2, -0.15) is 0 Å². The largest absolute Gasteiger partial charge is 0.327 e. The average molecular weight is 156 g/mol. The van der Waals surface area contributed by atoms with Crippen LogP contribution in [0.15, 0.2) is 0 Å². The van der Waals surface area contributed by atoms with E-state index in [9.17, 15) is 0 Å². The maximum Gasteiger partial charge on any atom is 0.00915 e. The molecule has 3 atom stereocenters. The molecule has 2 rings (SSSR count). The van der Waals surface area contributed by atoms with Crippen molar-refractivity contribution in [1.29, 1.82) is 0 Å².